The average Bonchev–Trinajstić information content (AvgIpc) is 2.94. The van der Waals surface area contributed by atoms with E-state index in [-0.39, 0.29) is 17.9 Å². The zero-order chi connectivity index (χ0) is 14.3. The molecular formula is C13H12N4O3. The fraction of sp³-hybridized carbons (Fsp3) is 0.231. The standard InChI is InChI=1S/C13H12N4O3/c1-16-6-10(14-15-16)7-17-11-3-2-8(13(19)20)4-9(11)5-12(17)18/h2-4,6H,5,7H2,1H3,(H,19,20). The van der Waals surface area contributed by atoms with Gasteiger partial charge >= 0.3 is 5.97 Å². The van der Waals surface area contributed by atoms with Crippen molar-refractivity contribution in [2.24, 2.45) is 7.05 Å². The maximum absolute atomic E-state index is 12.0. The molecular weight excluding hydrogens is 260 g/mol. The van der Waals surface area contributed by atoms with Gasteiger partial charge in [-0.15, -0.1) is 5.10 Å². The highest BCUT2D eigenvalue weighted by atomic mass is 16.4. The van der Waals surface area contributed by atoms with E-state index in [9.17, 15) is 9.59 Å². The monoisotopic (exact) mass is 272 g/mol. The molecule has 1 aromatic heterocycles. The van der Waals surface area contributed by atoms with Gasteiger partial charge in [-0.3, -0.25) is 9.48 Å². The number of carbonyl (C=O) groups excluding carboxylic acids is 1. The second-order valence-electron chi connectivity index (χ2n) is 4.69. The lowest BCUT2D eigenvalue weighted by molar-refractivity contribution is -0.117. The lowest BCUT2D eigenvalue weighted by Gasteiger charge is -2.15. The molecule has 2 heterocycles. The topological polar surface area (TPSA) is 88.3 Å². The number of aromatic nitrogens is 3. The summed E-state index contributed by atoms with van der Waals surface area (Å²) in [5.41, 5.74) is 2.36. The van der Waals surface area contributed by atoms with Crippen LogP contribution in [0.5, 0.6) is 0 Å². The SMILES string of the molecule is Cn1cc(CN2C(=O)Cc3cc(C(=O)O)ccc32)nn1. The summed E-state index contributed by atoms with van der Waals surface area (Å²) in [6.07, 6.45) is 1.97. The number of aryl methyl sites for hydroxylation is 1. The van der Waals surface area contributed by atoms with E-state index in [4.69, 9.17) is 5.11 Å². The van der Waals surface area contributed by atoms with E-state index in [1.165, 1.54) is 6.07 Å². The van der Waals surface area contributed by atoms with Crippen molar-refractivity contribution in [3.05, 3.63) is 41.2 Å². The molecule has 0 saturated heterocycles. The minimum absolute atomic E-state index is 0.0619. The van der Waals surface area contributed by atoms with Crippen molar-refractivity contribution >= 4 is 17.6 Å². The number of aromatic carboxylic acids is 1. The van der Waals surface area contributed by atoms with E-state index in [1.54, 1.807) is 35.0 Å². The summed E-state index contributed by atoms with van der Waals surface area (Å²) in [6, 6.07) is 4.72. The van der Waals surface area contributed by atoms with E-state index in [0.717, 1.165) is 11.3 Å². The van der Waals surface area contributed by atoms with Crippen molar-refractivity contribution in [2.45, 2.75) is 13.0 Å². The number of anilines is 1. The van der Waals surface area contributed by atoms with E-state index in [2.05, 4.69) is 10.3 Å². The van der Waals surface area contributed by atoms with E-state index >= 15 is 0 Å². The molecule has 7 heteroatoms. The first-order chi connectivity index (χ1) is 9.54. The molecule has 0 saturated carbocycles. The zero-order valence-corrected chi connectivity index (χ0v) is 10.8. The van der Waals surface area contributed by atoms with Gasteiger partial charge in [0.15, 0.2) is 0 Å². The Morgan fingerprint density at radius 3 is 2.90 bits per heavy atom. The van der Waals surface area contributed by atoms with Gasteiger partial charge in [0.25, 0.3) is 0 Å². The van der Waals surface area contributed by atoms with E-state index in [0.29, 0.717) is 12.2 Å². The van der Waals surface area contributed by atoms with Crippen LogP contribution in [0.25, 0.3) is 0 Å². The zero-order valence-electron chi connectivity index (χ0n) is 10.8. The van der Waals surface area contributed by atoms with Crippen molar-refractivity contribution in [1.82, 2.24) is 15.0 Å². The number of nitrogens with zero attached hydrogens (tertiary/aromatic N) is 4. The first kappa shape index (κ1) is 12.3. The lowest BCUT2D eigenvalue weighted by Crippen LogP contribution is -2.26. The summed E-state index contributed by atoms with van der Waals surface area (Å²) >= 11 is 0. The summed E-state index contributed by atoms with van der Waals surface area (Å²) in [5, 5.41) is 16.8. The van der Waals surface area contributed by atoms with Gasteiger partial charge in [-0.2, -0.15) is 0 Å². The number of carboxylic acid groups (broad SMARTS) is 1. The number of carboxylic acids is 1. The van der Waals surface area contributed by atoms with Gasteiger partial charge in [-0.25, -0.2) is 4.79 Å². The third kappa shape index (κ3) is 2.03. The van der Waals surface area contributed by atoms with Crippen LogP contribution in [-0.4, -0.2) is 32.0 Å². The minimum Gasteiger partial charge on any atom is -0.478 e. The molecule has 0 spiro atoms. The highest BCUT2D eigenvalue weighted by Gasteiger charge is 2.28. The van der Waals surface area contributed by atoms with Gasteiger partial charge in [0.2, 0.25) is 5.91 Å². The predicted octanol–water partition coefficient (Wildman–Crippen LogP) is 0.603. The van der Waals surface area contributed by atoms with Crippen LogP contribution in [0.1, 0.15) is 21.6 Å². The van der Waals surface area contributed by atoms with Gasteiger partial charge in [-0.05, 0) is 23.8 Å². The molecule has 0 radical (unpaired) electrons. The van der Waals surface area contributed by atoms with Gasteiger partial charge in [0, 0.05) is 18.9 Å². The molecule has 0 bridgehead atoms. The normalized spacial score (nSPS) is 13.7. The van der Waals surface area contributed by atoms with Crippen LogP contribution in [0.2, 0.25) is 0 Å². The fourth-order valence-electron chi connectivity index (χ4n) is 2.32. The van der Waals surface area contributed by atoms with Crippen LogP contribution in [0.3, 0.4) is 0 Å². The first-order valence-corrected chi connectivity index (χ1v) is 6.06. The molecule has 102 valence electrons. The Balaban J connectivity index is 1.92. The van der Waals surface area contributed by atoms with Crippen LogP contribution >= 0.6 is 0 Å². The Hall–Kier alpha value is -2.70. The second kappa shape index (κ2) is 4.44. The van der Waals surface area contributed by atoms with Crippen molar-refractivity contribution in [1.29, 1.82) is 0 Å². The Morgan fingerprint density at radius 1 is 1.45 bits per heavy atom. The van der Waals surface area contributed by atoms with Crippen molar-refractivity contribution in [3.63, 3.8) is 0 Å². The summed E-state index contributed by atoms with van der Waals surface area (Å²) in [7, 11) is 1.76. The van der Waals surface area contributed by atoms with Crippen LogP contribution in [-0.2, 0) is 24.8 Å². The van der Waals surface area contributed by atoms with Crippen LogP contribution in [0, 0.1) is 0 Å². The van der Waals surface area contributed by atoms with E-state index in [1.807, 2.05) is 0 Å². The molecule has 1 aliphatic heterocycles. The molecule has 3 rings (SSSR count). The second-order valence-corrected chi connectivity index (χ2v) is 4.69. The smallest absolute Gasteiger partial charge is 0.335 e. The Labute approximate surface area is 114 Å². The molecule has 0 unspecified atom stereocenters. The number of hydrogen-bond donors (Lipinski definition) is 1. The van der Waals surface area contributed by atoms with Gasteiger partial charge in [0.1, 0.15) is 5.69 Å². The maximum atomic E-state index is 12.0. The van der Waals surface area contributed by atoms with Crippen molar-refractivity contribution in [3.8, 4) is 0 Å². The summed E-state index contributed by atoms with van der Waals surface area (Å²) < 4.78 is 1.57. The molecule has 20 heavy (non-hydrogen) atoms. The number of rotatable bonds is 3. The third-order valence-electron chi connectivity index (χ3n) is 3.23. The van der Waals surface area contributed by atoms with Crippen LogP contribution in [0.4, 0.5) is 5.69 Å². The van der Waals surface area contributed by atoms with Gasteiger partial charge < -0.3 is 10.0 Å². The molecule has 1 aliphatic rings. The number of benzene rings is 1. The molecule has 7 nitrogen and oxygen atoms in total. The highest BCUT2D eigenvalue weighted by Crippen LogP contribution is 2.30. The minimum atomic E-state index is -0.993. The molecule has 1 N–H and O–H groups in total. The predicted molar refractivity (Wildman–Crippen MR) is 69.3 cm³/mol. The lowest BCUT2D eigenvalue weighted by atomic mass is 10.1. The Morgan fingerprint density at radius 2 is 2.25 bits per heavy atom. The number of fused-ring (bicyclic) bond motifs is 1. The summed E-state index contributed by atoms with van der Waals surface area (Å²) in [6.45, 7) is 0.339. The third-order valence-corrected chi connectivity index (χ3v) is 3.23. The molecule has 0 aliphatic carbocycles. The molecule has 0 atom stereocenters. The highest BCUT2D eigenvalue weighted by molar-refractivity contribution is 6.02. The van der Waals surface area contributed by atoms with Crippen molar-refractivity contribution < 1.29 is 14.7 Å². The van der Waals surface area contributed by atoms with Crippen LogP contribution < -0.4 is 4.90 Å². The number of carbonyl (C=O) groups is 2. The van der Waals surface area contributed by atoms with E-state index < -0.39 is 5.97 Å². The molecule has 2 aromatic rings. The fourth-order valence-corrected chi connectivity index (χ4v) is 2.32. The number of hydrogen-bond acceptors (Lipinski definition) is 4. The summed E-state index contributed by atoms with van der Waals surface area (Å²) in [4.78, 5) is 24.6. The Bertz CT molecular complexity index is 707. The molecule has 1 aromatic carbocycles. The largest absolute Gasteiger partial charge is 0.478 e. The van der Waals surface area contributed by atoms with Gasteiger partial charge in [0.05, 0.1) is 18.5 Å². The average molecular weight is 272 g/mol. The first-order valence-electron chi connectivity index (χ1n) is 6.06. The van der Waals surface area contributed by atoms with Crippen LogP contribution in [0.15, 0.2) is 24.4 Å². The molecule has 1 amide bonds. The Kier molecular flexibility index (Phi) is 2.74. The van der Waals surface area contributed by atoms with Crippen molar-refractivity contribution in [2.75, 3.05) is 4.90 Å². The number of amides is 1. The van der Waals surface area contributed by atoms with Gasteiger partial charge in [-0.1, -0.05) is 5.21 Å². The molecule has 0 fully saturated rings. The maximum Gasteiger partial charge on any atom is 0.335 e. The quantitative estimate of drug-likeness (QED) is 0.884. The summed E-state index contributed by atoms with van der Waals surface area (Å²) in [5.74, 6) is -1.05.